The Labute approximate surface area is 130 Å². The van der Waals surface area contributed by atoms with Crippen molar-refractivity contribution >= 4 is 0 Å². The Morgan fingerprint density at radius 3 is 1.36 bits per heavy atom. The molecule has 0 fully saturated rings. The maximum atomic E-state index is 9.76. The minimum absolute atomic E-state index is 0.322. The quantitative estimate of drug-likeness (QED) is 0.699. The first-order chi connectivity index (χ1) is 10.7. The fraction of sp³-hybridized carbons (Fsp3) is 0.333. The maximum absolute atomic E-state index is 9.76. The monoisotopic (exact) mass is 302 g/mol. The van der Waals surface area contributed by atoms with Crippen LogP contribution < -0.4 is 0 Å². The largest absolute Gasteiger partial charge is 0.368 e. The fourth-order valence-electron chi connectivity index (χ4n) is 1.99. The van der Waals surface area contributed by atoms with Crippen LogP contribution in [0.4, 0.5) is 0 Å². The molecule has 0 aromatic heterocycles. The zero-order chi connectivity index (χ0) is 15.6. The first kappa shape index (κ1) is 16.6. The van der Waals surface area contributed by atoms with Gasteiger partial charge in [0, 0.05) is 12.8 Å². The van der Waals surface area contributed by atoms with Gasteiger partial charge < -0.3 is 19.7 Å². The van der Waals surface area contributed by atoms with E-state index in [9.17, 15) is 10.2 Å². The summed E-state index contributed by atoms with van der Waals surface area (Å²) in [6.07, 6.45) is -1.17. The molecule has 118 valence electrons. The van der Waals surface area contributed by atoms with E-state index >= 15 is 0 Å². The molecular weight excluding hydrogens is 280 g/mol. The number of benzene rings is 2. The Kier molecular flexibility index (Phi) is 7.06. The second-order valence-corrected chi connectivity index (χ2v) is 5.08. The van der Waals surface area contributed by atoms with E-state index in [1.807, 2.05) is 60.7 Å². The SMILES string of the molecule is OC(CCC(O)OCc1ccccc1)OCc1ccccc1. The van der Waals surface area contributed by atoms with E-state index in [-0.39, 0.29) is 0 Å². The highest BCUT2D eigenvalue weighted by Gasteiger charge is 2.10. The summed E-state index contributed by atoms with van der Waals surface area (Å²) >= 11 is 0. The van der Waals surface area contributed by atoms with Crippen molar-refractivity contribution in [2.75, 3.05) is 0 Å². The second-order valence-electron chi connectivity index (χ2n) is 5.08. The molecule has 0 aliphatic heterocycles. The van der Waals surface area contributed by atoms with Crippen molar-refractivity contribution in [1.29, 1.82) is 0 Å². The summed E-state index contributed by atoms with van der Waals surface area (Å²) in [7, 11) is 0. The molecule has 0 spiro atoms. The molecule has 0 bridgehead atoms. The average molecular weight is 302 g/mol. The number of ether oxygens (including phenoxy) is 2. The first-order valence-electron chi connectivity index (χ1n) is 7.41. The van der Waals surface area contributed by atoms with Crippen LogP contribution in [0.5, 0.6) is 0 Å². The van der Waals surface area contributed by atoms with E-state index in [1.165, 1.54) is 0 Å². The van der Waals surface area contributed by atoms with Crippen LogP contribution in [-0.2, 0) is 22.7 Å². The molecule has 0 radical (unpaired) electrons. The molecule has 0 amide bonds. The van der Waals surface area contributed by atoms with Crippen LogP contribution in [0.2, 0.25) is 0 Å². The fourth-order valence-corrected chi connectivity index (χ4v) is 1.99. The lowest BCUT2D eigenvalue weighted by molar-refractivity contribution is -0.147. The second kappa shape index (κ2) is 9.33. The van der Waals surface area contributed by atoms with E-state index in [4.69, 9.17) is 9.47 Å². The van der Waals surface area contributed by atoms with Gasteiger partial charge in [0.1, 0.15) is 0 Å². The van der Waals surface area contributed by atoms with Crippen molar-refractivity contribution in [2.24, 2.45) is 0 Å². The van der Waals surface area contributed by atoms with Crippen molar-refractivity contribution in [3.63, 3.8) is 0 Å². The molecule has 0 saturated carbocycles. The summed E-state index contributed by atoms with van der Waals surface area (Å²) in [5, 5.41) is 19.5. The predicted octanol–water partition coefficient (Wildman–Crippen LogP) is 2.84. The molecule has 0 heterocycles. The van der Waals surface area contributed by atoms with Gasteiger partial charge in [0.15, 0.2) is 12.6 Å². The molecule has 2 rings (SSSR count). The maximum Gasteiger partial charge on any atom is 0.155 e. The summed E-state index contributed by atoms with van der Waals surface area (Å²) in [4.78, 5) is 0. The zero-order valence-corrected chi connectivity index (χ0v) is 12.5. The van der Waals surface area contributed by atoms with E-state index < -0.39 is 12.6 Å². The molecule has 4 heteroatoms. The molecule has 2 atom stereocenters. The van der Waals surface area contributed by atoms with Gasteiger partial charge in [-0.3, -0.25) is 0 Å². The van der Waals surface area contributed by atoms with Gasteiger partial charge in [0.05, 0.1) is 13.2 Å². The van der Waals surface area contributed by atoms with Gasteiger partial charge in [-0.15, -0.1) is 0 Å². The van der Waals surface area contributed by atoms with E-state index in [0.29, 0.717) is 26.1 Å². The molecule has 2 unspecified atom stereocenters. The van der Waals surface area contributed by atoms with Crippen LogP contribution in [0.1, 0.15) is 24.0 Å². The van der Waals surface area contributed by atoms with Gasteiger partial charge in [0.2, 0.25) is 0 Å². The van der Waals surface area contributed by atoms with Crippen LogP contribution in [0.25, 0.3) is 0 Å². The van der Waals surface area contributed by atoms with Crippen molar-refractivity contribution < 1.29 is 19.7 Å². The van der Waals surface area contributed by atoms with Crippen molar-refractivity contribution in [2.45, 2.75) is 38.6 Å². The molecule has 2 N–H and O–H groups in total. The minimum atomic E-state index is -0.907. The number of hydrogen-bond donors (Lipinski definition) is 2. The summed E-state index contributed by atoms with van der Waals surface area (Å²) in [6.45, 7) is 0.700. The zero-order valence-electron chi connectivity index (χ0n) is 12.5. The van der Waals surface area contributed by atoms with Crippen LogP contribution in [-0.4, -0.2) is 22.8 Å². The number of rotatable bonds is 9. The Bertz CT molecular complexity index is 466. The van der Waals surface area contributed by atoms with Crippen LogP contribution in [0, 0.1) is 0 Å². The minimum Gasteiger partial charge on any atom is -0.368 e. The molecule has 0 aliphatic rings. The van der Waals surface area contributed by atoms with Crippen LogP contribution in [0.15, 0.2) is 60.7 Å². The van der Waals surface area contributed by atoms with Gasteiger partial charge >= 0.3 is 0 Å². The third kappa shape index (κ3) is 6.37. The Hall–Kier alpha value is -1.72. The van der Waals surface area contributed by atoms with Gasteiger partial charge in [-0.05, 0) is 11.1 Å². The normalized spacial score (nSPS) is 13.7. The Morgan fingerprint density at radius 1 is 0.636 bits per heavy atom. The summed E-state index contributed by atoms with van der Waals surface area (Å²) < 4.78 is 10.7. The molecule has 0 saturated heterocycles. The summed E-state index contributed by atoms with van der Waals surface area (Å²) in [5.41, 5.74) is 2.00. The lowest BCUT2D eigenvalue weighted by Gasteiger charge is -2.15. The highest BCUT2D eigenvalue weighted by atomic mass is 16.6. The van der Waals surface area contributed by atoms with Crippen molar-refractivity contribution in [3.05, 3.63) is 71.8 Å². The summed E-state index contributed by atoms with van der Waals surface area (Å²) in [6, 6.07) is 19.3. The topological polar surface area (TPSA) is 58.9 Å². The molecule has 2 aromatic carbocycles. The lowest BCUT2D eigenvalue weighted by atomic mass is 10.2. The van der Waals surface area contributed by atoms with Gasteiger partial charge in [-0.1, -0.05) is 60.7 Å². The standard InChI is InChI=1S/C18H22O4/c19-17(21-13-15-7-3-1-4-8-15)11-12-18(20)22-14-16-9-5-2-6-10-16/h1-10,17-20H,11-14H2. The third-order valence-corrected chi connectivity index (χ3v) is 3.23. The lowest BCUT2D eigenvalue weighted by Crippen LogP contribution is -2.18. The van der Waals surface area contributed by atoms with Crippen LogP contribution >= 0.6 is 0 Å². The average Bonchev–Trinajstić information content (AvgIpc) is 2.58. The molecule has 4 nitrogen and oxygen atoms in total. The van der Waals surface area contributed by atoms with Crippen molar-refractivity contribution in [1.82, 2.24) is 0 Å². The Balaban J connectivity index is 1.60. The van der Waals surface area contributed by atoms with Gasteiger partial charge in [-0.25, -0.2) is 0 Å². The van der Waals surface area contributed by atoms with E-state index in [0.717, 1.165) is 11.1 Å². The highest BCUT2D eigenvalue weighted by Crippen LogP contribution is 2.10. The predicted molar refractivity (Wildman–Crippen MR) is 83.7 cm³/mol. The Morgan fingerprint density at radius 2 is 1.00 bits per heavy atom. The smallest absolute Gasteiger partial charge is 0.155 e. The number of aliphatic hydroxyl groups is 2. The van der Waals surface area contributed by atoms with E-state index in [2.05, 4.69) is 0 Å². The van der Waals surface area contributed by atoms with E-state index in [1.54, 1.807) is 0 Å². The molecule has 22 heavy (non-hydrogen) atoms. The number of aliphatic hydroxyl groups excluding tert-OH is 2. The summed E-state index contributed by atoms with van der Waals surface area (Å²) in [5.74, 6) is 0. The molecule has 2 aromatic rings. The highest BCUT2D eigenvalue weighted by molar-refractivity contribution is 5.14. The first-order valence-corrected chi connectivity index (χ1v) is 7.41. The van der Waals surface area contributed by atoms with Crippen molar-refractivity contribution in [3.8, 4) is 0 Å². The third-order valence-electron chi connectivity index (χ3n) is 3.23. The molecular formula is C18H22O4. The molecule has 0 aliphatic carbocycles. The number of hydrogen-bond acceptors (Lipinski definition) is 4. The van der Waals surface area contributed by atoms with Gasteiger partial charge in [0.25, 0.3) is 0 Å². The van der Waals surface area contributed by atoms with Gasteiger partial charge in [-0.2, -0.15) is 0 Å². The van der Waals surface area contributed by atoms with Crippen LogP contribution in [0.3, 0.4) is 0 Å².